The fourth-order valence-electron chi connectivity index (χ4n) is 0. The molecule has 0 aliphatic carbocycles. The van der Waals surface area contributed by atoms with Crippen LogP contribution in [0.1, 0.15) is 20.3 Å². The SMILES string of the molecule is CCC.CON. The van der Waals surface area contributed by atoms with Crippen LogP contribution >= 0.6 is 0 Å². The lowest BCUT2D eigenvalue weighted by Crippen LogP contribution is -1.86. The molecule has 0 radical (unpaired) electrons. The third-order valence-electron chi connectivity index (χ3n) is 0. The van der Waals surface area contributed by atoms with Gasteiger partial charge in [-0.25, -0.2) is 5.90 Å². The molecular formula is C4H13NO. The highest BCUT2D eigenvalue weighted by molar-refractivity contribution is 3.92. The summed E-state index contributed by atoms with van der Waals surface area (Å²) in [5.41, 5.74) is 0. The lowest BCUT2D eigenvalue weighted by molar-refractivity contribution is 0.206. The fraction of sp³-hybridized carbons (Fsp3) is 1.00. The van der Waals surface area contributed by atoms with E-state index in [0.717, 1.165) is 0 Å². The van der Waals surface area contributed by atoms with Gasteiger partial charge >= 0.3 is 0 Å². The summed E-state index contributed by atoms with van der Waals surface area (Å²) in [6.07, 6.45) is 1.25. The van der Waals surface area contributed by atoms with Gasteiger partial charge in [0, 0.05) is 0 Å². The molecule has 0 spiro atoms. The summed E-state index contributed by atoms with van der Waals surface area (Å²) in [6.45, 7) is 4.25. The van der Waals surface area contributed by atoms with Gasteiger partial charge in [-0.2, -0.15) is 0 Å². The molecule has 2 heteroatoms. The molecule has 2 N–H and O–H groups in total. The molecule has 40 valence electrons. The van der Waals surface area contributed by atoms with Gasteiger partial charge in [-0.05, 0) is 0 Å². The topological polar surface area (TPSA) is 35.2 Å². The van der Waals surface area contributed by atoms with Gasteiger partial charge in [0.15, 0.2) is 0 Å². The standard InChI is InChI=1S/C3H8.CH5NO/c2*1-3-2/h3H2,1-2H3;2H2,1H3. The molecule has 0 aromatic heterocycles. The maximum Gasteiger partial charge on any atom is 0.0569 e. The van der Waals surface area contributed by atoms with Gasteiger partial charge in [-0.1, -0.05) is 20.3 Å². The Bertz CT molecular complexity index is 9.51. The van der Waals surface area contributed by atoms with E-state index >= 15 is 0 Å². The van der Waals surface area contributed by atoms with Gasteiger partial charge in [0.1, 0.15) is 0 Å². The van der Waals surface area contributed by atoms with E-state index in [9.17, 15) is 0 Å². The van der Waals surface area contributed by atoms with Crippen LogP contribution in [0.25, 0.3) is 0 Å². The maximum atomic E-state index is 4.35. The number of nitrogens with two attached hydrogens (primary N) is 1. The average molecular weight is 91.2 g/mol. The molecule has 2 nitrogen and oxygen atoms in total. The third kappa shape index (κ3) is 5220. The van der Waals surface area contributed by atoms with E-state index in [1.54, 1.807) is 0 Å². The first-order valence-corrected chi connectivity index (χ1v) is 2.06. The molecule has 0 rings (SSSR count). The summed E-state index contributed by atoms with van der Waals surface area (Å²) in [5.74, 6) is 4.35. The zero-order valence-electron chi connectivity index (χ0n) is 4.69. The van der Waals surface area contributed by atoms with Crippen LogP contribution in [0.4, 0.5) is 0 Å². The highest BCUT2D eigenvalue weighted by Gasteiger charge is 1.35. The van der Waals surface area contributed by atoms with Crippen LogP contribution in [0.2, 0.25) is 0 Å². The minimum Gasteiger partial charge on any atom is -0.308 e. The Morgan fingerprint density at radius 3 is 1.50 bits per heavy atom. The Labute approximate surface area is 39.2 Å². The summed E-state index contributed by atoms with van der Waals surface area (Å²) < 4.78 is 0. The molecule has 0 aliphatic rings. The molecule has 0 bridgehead atoms. The van der Waals surface area contributed by atoms with Crippen LogP contribution in [0.3, 0.4) is 0 Å². The van der Waals surface area contributed by atoms with Gasteiger partial charge in [0.25, 0.3) is 0 Å². The van der Waals surface area contributed by atoms with Crippen molar-refractivity contribution in [2.75, 3.05) is 7.11 Å². The molecule has 0 saturated carbocycles. The molecule has 0 saturated heterocycles. The molecule has 0 aromatic carbocycles. The first-order chi connectivity index (χ1) is 2.83. The van der Waals surface area contributed by atoms with Gasteiger partial charge in [0.05, 0.1) is 7.11 Å². The summed E-state index contributed by atoms with van der Waals surface area (Å²) >= 11 is 0. The van der Waals surface area contributed by atoms with E-state index in [-0.39, 0.29) is 0 Å². The lowest BCUT2D eigenvalue weighted by Gasteiger charge is -1.62. The van der Waals surface area contributed by atoms with Crippen LogP contribution in [0, 0.1) is 0 Å². The van der Waals surface area contributed by atoms with Crippen molar-refractivity contribution in [1.29, 1.82) is 0 Å². The second-order valence-corrected chi connectivity index (χ2v) is 0.943. The lowest BCUT2D eigenvalue weighted by atomic mass is 10.6. The maximum absolute atomic E-state index is 4.35. The number of hydrogen-bond acceptors (Lipinski definition) is 2. The molecule has 0 amide bonds. The number of rotatable bonds is 0. The predicted molar refractivity (Wildman–Crippen MR) is 27.2 cm³/mol. The Kier molecular flexibility index (Phi) is 31.9. The average Bonchev–Trinajstić information content (AvgIpc) is 1.39. The number of hydrogen-bond donors (Lipinski definition) is 1. The van der Waals surface area contributed by atoms with E-state index < -0.39 is 0 Å². The highest BCUT2D eigenvalue weighted by Crippen LogP contribution is 1.56. The first-order valence-electron chi connectivity index (χ1n) is 2.06. The molecule has 0 heterocycles. The van der Waals surface area contributed by atoms with Crippen molar-refractivity contribution < 1.29 is 4.84 Å². The zero-order valence-corrected chi connectivity index (χ0v) is 4.69. The van der Waals surface area contributed by atoms with Crippen molar-refractivity contribution in [2.24, 2.45) is 5.90 Å². The van der Waals surface area contributed by atoms with E-state index in [1.165, 1.54) is 13.5 Å². The Hall–Kier alpha value is -0.0800. The van der Waals surface area contributed by atoms with E-state index in [1.807, 2.05) is 0 Å². The minimum absolute atomic E-state index is 1.25. The van der Waals surface area contributed by atoms with Crippen LogP contribution in [-0.4, -0.2) is 7.11 Å². The largest absolute Gasteiger partial charge is 0.308 e. The molecule has 6 heavy (non-hydrogen) atoms. The quantitative estimate of drug-likeness (QED) is 0.450. The van der Waals surface area contributed by atoms with Crippen molar-refractivity contribution in [3.63, 3.8) is 0 Å². The Morgan fingerprint density at radius 2 is 1.50 bits per heavy atom. The molecule has 0 unspecified atom stereocenters. The smallest absolute Gasteiger partial charge is 0.0569 e. The van der Waals surface area contributed by atoms with Gasteiger partial charge in [0.2, 0.25) is 0 Å². The molecular weight excluding hydrogens is 78.0 g/mol. The van der Waals surface area contributed by atoms with Crippen LogP contribution in [0.15, 0.2) is 0 Å². The normalized spacial score (nSPS) is 6.00. The third-order valence-corrected chi connectivity index (χ3v) is 0. The van der Waals surface area contributed by atoms with Gasteiger partial charge in [-0.15, -0.1) is 0 Å². The predicted octanol–water partition coefficient (Wildman–Crippen LogP) is 0.923. The van der Waals surface area contributed by atoms with Crippen LogP contribution in [0.5, 0.6) is 0 Å². The van der Waals surface area contributed by atoms with E-state index in [0.29, 0.717) is 0 Å². The first kappa shape index (κ1) is 9.33. The van der Waals surface area contributed by atoms with Crippen molar-refractivity contribution in [3.8, 4) is 0 Å². The van der Waals surface area contributed by atoms with Gasteiger partial charge in [-0.3, -0.25) is 0 Å². The summed E-state index contributed by atoms with van der Waals surface area (Å²) in [5, 5.41) is 0. The second kappa shape index (κ2) is 20.5. The second-order valence-electron chi connectivity index (χ2n) is 0.943. The summed E-state index contributed by atoms with van der Waals surface area (Å²) in [4.78, 5) is 3.75. The van der Waals surface area contributed by atoms with E-state index in [2.05, 4.69) is 24.6 Å². The van der Waals surface area contributed by atoms with Crippen LogP contribution in [-0.2, 0) is 4.84 Å². The van der Waals surface area contributed by atoms with Crippen LogP contribution < -0.4 is 5.90 Å². The monoisotopic (exact) mass is 91.1 g/mol. The Balaban J connectivity index is 0. The van der Waals surface area contributed by atoms with E-state index in [4.69, 9.17) is 0 Å². The molecule has 0 fully saturated rings. The zero-order chi connectivity index (χ0) is 5.41. The van der Waals surface area contributed by atoms with Crippen molar-refractivity contribution in [2.45, 2.75) is 20.3 Å². The highest BCUT2D eigenvalue weighted by atomic mass is 16.6. The Morgan fingerprint density at radius 1 is 1.50 bits per heavy atom. The summed E-state index contributed by atoms with van der Waals surface area (Å²) in [6, 6.07) is 0. The van der Waals surface area contributed by atoms with Crippen molar-refractivity contribution in [1.82, 2.24) is 0 Å². The summed E-state index contributed by atoms with van der Waals surface area (Å²) in [7, 11) is 1.40. The van der Waals surface area contributed by atoms with Gasteiger partial charge < -0.3 is 4.84 Å². The van der Waals surface area contributed by atoms with Crippen molar-refractivity contribution >= 4 is 0 Å². The molecule has 0 aliphatic heterocycles. The molecule has 0 aromatic rings. The minimum atomic E-state index is 1.25. The fourth-order valence-corrected chi connectivity index (χ4v) is 0. The molecule has 0 atom stereocenters. The van der Waals surface area contributed by atoms with Crippen molar-refractivity contribution in [3.05, 3.63) is 0 Å².